The molecule has 5 heteroatoms. The molecule has 2 rings (SSSR count). The lowest BCUT2D eigenvalue weighted by Gasteiger charge is -2.24. The number of nitrogens with one attached hydrogen (secondary N) is 1. The third-order valence-electron chi connectivity index (χ3n) is 3.51. The Morgan fingerprint density at radius 1 is 1.25 bits per heavy atom. The number of ether oxygens (including phenoxy) is 1. The normalized spacial score (nSPS) is 14.2. The van der Waals surface area contributed by atoms with Gasteiger partial charge in [0.2, 0.25) is 0 Å². The molecule has 0 saturated carbocycles. The van der Waals surface area contributed by atoms with Crippen LogP contribution in [0.5, 0.6) is 0 Å². The second-order valence-corrected chi connectivity index (χ2v) is 6.21. The Morgan fingerprint density at radius 2 is 1.85 bits per heavy atom. The largest absolute Gasteiger partial charge is 0.444 e. The van der Waals surface area contributed by atoms with Gasteiger partial charge in [-0.1, -0.05) is 0 Å². The predicted octanol–water partition coefficient (Wildman–Crippen LogP) is 2.99. The van der Waals surface area contributed by atoms with Gasteiger partial charge in [-0.15, -0.1) is 0 Å². The van der Waals surface area contributed by atoms with Crippen LogP contribution in [-0.2, 0) is 17.8 Å². The average Bonchev–Trinajstić information content (AvgIpc) is 2.77. The molecule has 0 atom stereocenters. The van der Waals surface area contributed by atoms with E-state index in [4.69, 9.17) is 4.74 Å². The summed E-state index contributed by atoms with van der Waals surface area (Å²) < 4.78 is 5.44. The summed E-state index contributed by atoms with van der Waals surface area (Å²) >= 11 is 0. The van der Waals surface area contributed by atoms with Gasteiger partial charge in [0.25, 0.3) is 0 Å². The zero-order valence-electron chi connectivity index (χ0n) is 13.1. The Bertz CT molecular complexity index is 547. The van der Waals surface area contributed by atoms with Crippen LogP contribution in [0.15, 0.2) is 0 Å². The summed E-state index contributed by atoms with van der Waals surface area (Å²) in [5, 5.41) is 3.11. The molecule has 1 N–H and O–H groups in total. The summed E-state index contributed by atoms with van der Waals surface area (Å²) in [6, 6.07) is 0. The van der Waals surface area contributed by atoms with E-state index in [-0.39, 0.29) is 6.09 Å². The highest BCUT2D eigenvalue weighted by molar-refractivity contribution is 5.71. The van der Waals surface area contributed by atoms with Crippen LogP contribution in [0.25, 0.3) is 0 Å². The van der Waals surface area contributed by atoms with Crippen molar-refractivity contribution in [3.8, 4) is 0 Å². The van der Waals surface area contributed by atoms with Crippen molar-refractivity contribution in [1.82, 2.24) is 9.88 Å². The molecule has 110 valence electrons. The maximum atomic E-state index is 12.2. The Balaban J connectivity index is 2.27. The Hall–Kier alpha value is -1.78. The van der Waals surface area contributed by atoms with Crippen molar-refractivity contribution in [3.63, 3.8) is 0 Å². The maximum Gasteiger partial charge on any atom is 0.410 e. The summed E-state index contributed by atoms with van der Waals surface area (Å²) in [6.07, 6.45) is -0.271. The highest BCUT2D eigenvalue weighted by atomic mass is 16.6. The standard InChI is InChI=1S/C15H23N3O2/c1-9-10(2)17-13(16-6)12-8-18(7-11(9)12)14(19)20-15(3,4)5/h7-8H2,1-6H3,(H,16,17). The number of rotatable bonds is 1. The van der Waals surface area contributed by atoms with Gasteiger partial charge in [-0.05, 0) is 45.7 Å². The summed E-state index contributed by atoms with van der Waals surface area (Å²) in [4.78, 5) is 18.5. The lowest BCUT2D eigenvalue weighted by molar-refractivity contribution is 0.0242. The number of hydrogen-bond acceptors (Lipinski definition) is 4. The molecule has 0 aromatic carbocycles. The van der Waals surface area contributed by atoms with Crippen LogP contribution in [0, 0.1) is 13.8 Å². The van der Waals surface area contributed by atoms with Gasteiger partial charge in [-0.2, -0.15) is 0 Å². The Kier molecular flexibility index (Phi) is 3.63. The van der Waals surface area contributed by atoms with Crippen LogP contribution in [0.4, 0.5) is 10.6 Å². The molecule has 0 saturated heterocycles. The van der Waals surface area contributed by atoms with Crippen LogP contribution in [0.2, 0.25) is 0 Å². The van der Waals surface area contributed by atoms with E-state index in [1.54, 1.807) is 4.90 Å². The molecule has 0 fully saturated rings. The van der Waals surface area contributed by atoms with Crippen molar-refractivity contribution in [2.24, 2.45) is 0 Å². The van der Waals surface area contributed by atoms with Gasteiger partial charge >= 0.3 is 6.09 Å². The lowest BCUT2D eigenvalue weighted by atomic mass is 10.0. The smallest absolute Gasteiger partial charge is 0.410 e. The van der Waals surface area contributed by atoms with E-state index < -0.39 is 5.60 Å². The second kappa shape index (κ2) is 4.96. The number of pyridine rings is 1. The average molecular weight is 277 g/mol. The van der Waals surface area contributed by atoms with Crippen molar-refractivity contribution in [3.05, 3.63) is 22.4 Å². The van der Waals surface area contributed by atoms with Gasteiger partial charge in [0.15, 0.2) is 0 Å². The summed E-state index contributed by atoms with van der Waals surface area (Å²) in [6.45, 7) is 10.8. The molecule has 1 amide bonds. The molecular formula is C15H23N3O2. The lowest BCUT2D eigenvalue weighted by Crippen LogP contribution is -2.33. The van der Waals surface area contributed by atoms with Gasteiger partial charge in [-0.3, -0.25) is 4.90 Å². The molecule has 20 heavy (non-hydrogen) atoms. The van der Waals surface area contributed by atoms with Crippen LogP contribution < -0.4 is 5.32 Å². The number of carbonyl (C=O) groups is 1. The molecule has 1 aromatic heterocycles. The number of aryl methyl sites for hydroxylation is 1. The number of fused-ring (bicyclic) bond motifs is 1. The highest BCUT2D eigenvalue weighted by Gasteiger charge is 2.31. The van der Waals surface area contributed by atoms with Crippen molar-refractivity contribution in [2.45, 2.75) is 53.3 Å². The van der Waals surface area contributed by atoms with Crippen molar-refractivity contribution in [2.75, 3.05) is 12.4 Å². The van der Waals surface area contributed by atoms with E-state index in [0.29, 0.717) is 13.1 Å². The molecule has 0 bridgehead atoms. The minimum Gasteiger partial charge on any atom is -0.444 e. The third-order valence-corrected chi connectivity index (χ3v) is 3.51. The monoisotopic (exact) mass is 277 g/mol. The number of carbonyl (C=O) groups excluding carboxylic acids is 1. The summed E-state index contributed by atoms with van der Waals surface area (Å²) in [5.74, 6) is 0.856. The minimum absolute atomic E-state index is 0.271. The molecule has 1 aromatic rings. The van der Waals surface area contributed by atoms with Crippen LogP contribution in [-0.4, -0.2) is 28.6 Å². The van der Waals surface area contributed by atoms with Crippen LogP contribution >= 0.6 is 0 Å². The van der Waals surface area contributed by atoms with E-state index in [1.165, 1.54) is 5.56 Å². The Morgan fingerprint density at radius 3 is 2.40 bits per heavy atom. The molecule has 0 spiro atoms. The Labute approximate surface area is 120 Å². The fourth-order valence-corrected chi connectivity index (χ4v) is 2.39. The molecule has 5 nitrogen and oxygen atoms in total. The fourth-order valence-electron chi connectivity index (χ4n) is 2.39. The van der Waals surface area contributed by atoms with Crippen LogP contribution in [0.1, 0.15) is 43.2 Å². The molecular weight excluding hydrogens is 254 g/mol. The quantitative estimate of drug-likeness (QED) is 0.857. The van der Waals surface area contributed by atoms with Crippen LogP contribution in [0.3, 0.4) is 0 Å². The van der Waals surface area contributed by atoms with E-state index in [0.717, 1.165) is 22.6 Å². The van der Waals surface area contributed by atoms with Gasteiger partial charge in [0.1, 0.15) is 11.4 Å². The zero-order chi connectivity index (χ0) is 15.1. The van der Waals surface area contributed by atoms with Gasteiger partial charge < -0.3 is 10.1 Å². The first-order valence-corrected chi connectivity index (χ1v) is 6.87. The van der Waals surface area contributed by atoms with E-state index in [9.17, 15) is 4.79 Å². The topological polar surface area (TPSA) is 54.5 Å². The second-order valence-electron chi connectivity index (χ2n) is 6.21. The third kappa shape index (κ3) is 2.71. The first kappa shape index (κ1) is 14.6. The molecule has 1 aliphatic rings. The zero-order valence-corrected chi connectivity index (χ0v) is 13.1. The molecule has 2 heterocycles. The number of anilines is 1. The highest BCUT2D eigenvalue weighted by Crippen LogP contribution is 2.32. The van der Waals surface area contributed by atoms with Crippen molar-refractivity contribution in [1.29, 1.82) is 0 Å². The van der Waals surface area contributed by atoms with E-state index in [1.807, 2.05) is 34.7 Å². The number of hydrogen-bond donors (Lipinski definition) is 1. The minimum atomic E-state index is -0.471. The number of nitrogens with zero attached hydrogens (tertiary/aromatic N) is 2. The maximum absolute atomic E-state index is 12.2. The number of amides is 1. The van der Waals surface area contributed by atoms with Crippen molar-refractivity contribution >= 4 is 11.9 Å². The SMILES string of the molecule is CNc1nc(C)c(C)c2c1CN(C(=O)OC(C)(C)C)C2. The van der Waals surface area contributed by atoms with E-state index in [2.05, 4.69) is 17.2 Å². The fraction of sp³-hybridized carbons (Fsp3) is 0.600. The van der Waals surface area contributed by atoms with Gasteiger partial charge in [-0.25, -0.2) is 9.78 Å². The van der Waals surface area contributed by atoms with Gasteiger partial charge in [0.05, 0.1) is 13.1 Å². The van der Waals surface area contributed by atoms with Crippen molar-refractivity contribution < 1.29 is 9.53 Å². The summed E-state index contributed by atoms with van der Waals surface area (Å²) in [7, 11) is 1.85. The molecule has 0 unspecified atom stereocenters. The molecule has 1 aliphatic heterocycles. The first-order chi connectivity index (χ1) is 9.23. The molecule has 0 aliphatic carbocycles. The molecule has 0 radical (unpaired) electrons. The van der Waals surface area contributed by atoms with E-state index >= 15 is 0 Å². The van der Waals surface area contributed by atoms with Gasteiger partial charge in [0, 0.05) is 18.3 Å². The number of aromatic nitrogens is 1. The first-order valence-electron chi connectivity index (χ1n) is 6.87. The predicted molar refractivity (Wildman–Crippen MR) is 78.7 cm³/mol. The summed E-state index contributed by atoms with van der Waals surface area (Å²) in [5.41, 5.74) is 3.97.